The summed E-state index contributed by atoms with van der Waals surface area (Å²) in [6, 6.07) is 0. The average Bonchev–Trinajstić information content (AvgIpc) is 2.10. The maximum atomic E-state index is 9.06. The monoisotopic (exact) mass is 266 g/mol. The molecule has 0 atom stereocenters. The van der Waals surface area contributed by atoms with Crippen molar-refractivity contribution >= 4 is 29.3 Å². The van der Waals surface area contributed by atoms with E-state index in [4.69, 9.17) is 19.5 Å². The lowest BCUT2D eigenvalue weighted by molar-refractivity contribution is -0.0132. The lowest BCUT2D eigenvalue weighted by Gasteiger charge is -2.09. The summed E-state index contributed by atoms with van der Waals surface area (Å²) in [5.41, 5.74) is 0. The van der Waals surface area contributed by atoms with Gasteiger partial charge in [0.2, 0.25) is 6.85 Å². The minimum atomic E-state index is -1.68. The van der Waals surface area contributed by atoms with Crippen molar-refractivity contribution in [3.8, 4) is 0 Å². The van der Waals surface area contributed by atoms with Gasteiger partial charge in [-0.15, -0.1) is 0 Å². The first-order valence-corrected chi connectivity index (χ1v) is 7.29. The molecule has 0 rings (SSSR count). The second-order valence-corrected chi connectivity index (χ2v) is 5.06. The molecule has 0 amide bonds. The van der Waals surface area contributed by atoms with E-state index in [9.17, 15) is 0 Å². The number of hydrogen-bond acceptors (Lipinski definition) is 4. The van der Waals surface area contributed by atoms with E-state index in [2.05, 4.69) is 22.5 Å². The van der Waals surface area contributed by atoms with E-state index in [1.807, 2.05) is 13.8 Å². The molecule has 88 valence electrons. The number of aliphatic hydroxyl groups excluding tert-OH is 1. The zero-order valence-electron chi connectivity index (χ0n) is 8.32. The van der Waals surface area contributed by atoms with Crippen LogP contribution in [-0.4, -0.2) is 42.5 Å². The van der Waals surface area contributed by atoms with Gasteiger partial charge in [0.1, 0.15) is 6.10 Å². The van der Waals surface area contributed by atoms with Crippen LogP contribution in [0, 0.1) is 0 Å². The van der Waals surface area contributed by atoms with Crippen LogP contribution in [0.25, 0.3) is 0 Å². The van der Waals surface area contributed by atoms with Crippen molar-refractivity contribution in [3.05, 3.63) is 0 Å². The van der Waals surface area contributed by atoms with Crippen LogP contribution < -0.4 is 0 Å². The van der Waals surface area contributed by atoms with Crippen LogP contribution in [0.15, 0.2) is 0 Å². The molecule has 0 bridgehead atoms. The van der Waals surface area contributed by atoms with Gasteiger partial charge >= 0.3 is 0 Å². The first kappa shape index (κ1) is 17.3. The summed E-state index contributed by atoms with van der Waals surface area (Å²) < 4.78 is 9.92. The van der Waals surface area contributed by atoms with Gasteiger partial charge in [0.05, 0.1) is 13.2 Å². The average molecular weight is 267 g/mol. The van der Waals surface area contributed by atoms with E-state index in [0.29, 0.717) is 26.4 Å². The summed E-state index contributed by atoms with van der Waals surface area (Å²) in [7, 11) is 0. The molecule has 0 heterocycles. The third-order valence-corrected chi connectivity index (χ3v) is 1.03. The minimum absolute atomic E-state index is 0.372. The second-order valence-electron chi connectivity index (χ2n) is 2.19. The molecule has 0 unspecified atom stereocenters. The molecule has 0 radical (unpaired) electrons. The smallest absolute Gasteiger partial charge is 0.222 e. The van der Waals surface area contributed by atoms with E-state index in [-0.39, 0.29) is 0 Å². The fraction of sp³-hybridized carbons (Fsp3) is 1.00. The molecule has 0 aromatic heterocycles. The maximum absolute atomic E-state index is 9.06. The fourth-order valence-corrected chi connectivity index (χ4v) is 0.556. The van der Waals surface area contributed by atoms with Crippen molar-refractivity contribution < 1.29 is 19.5 Å². The highest BCUT2D eigenvalue weighted by Crippen LogP contribution is 2.40. The molecule has 0 aromatic rings. The summed E-state index contributed by atoms with van der Waals surface area (Å²) in [6.45, 7) is 4.14. The number of halogens is 2. The minimum Gasteiger partial charge on any atom is -0.388 e. The Kier molecular flexibility index (Phi) is 17.1. The molecule has 2 N–H and O–H groups in total. The van der Waals surface area contributed by atoms with Crippen molar-refractivity contribution in [3.63, 3.8) is 0 Å². The lowest BCUT2D eigenvalue weighted by atomic mass is 10.4. The van der Waals surface area contributed by atoms with E-state index in [1.54, 1.807) is 0 Å². The first-order valence-electron chi connectivity index (χ1n) is 4.18. The summed E-state index contributed by atoms with van der Waals surface area (Å²) >= 11 is 9.32. The molecule has 0 aromatic carbocycles. The molecule has 7 heteroatoms. The number of hydrogen-bond donors (Lipinski definition) is 2. The molecule has 0 saturated carbocycles. The van der Waals surface area contributed by atoms with Gasteiger partial charge in [-0.3, -0.25) is 0 Å². The standard InChI is InChI=1S/C7H16O3.Cl2HOP/c1-3-9-5-7(8)6-10-4-2;1-4(2)3/h7-8H,3-6H2,1-2H3;3H. The van der Waals surface area contributed by atoms with Gasteiger partial charge in [-0.05, 0) is 36.3 Å². The van der Waals surface area contributed by atoms with E-state index in [0.717, 1.165) is 0 Å². The van der Waals surface area contributed by atoms with Crippen molar-refractivity contribution in [2.45, 2.75) is 20.0 Å². The molecular weight excluding hydrogens is 250 g/mol. The Bertz CT molecular complexity index is 96.9. The zero-order valence-corrected chi connectivity index (χ0v) is 10.7. The Hall–Kier alpha value is 0.850. The van der Waals surface area contributed by atoms with Crippen molar-refractivity contribution in [2.75, 3.05) is 26.4 Å². The van der Waals surface area contributed by atoms with Gasteiger partial charge in [0.25, 0.3) is 0 Å². The molecule has 0 fully saturated rings. The van der Waals surface area contributed by atoms with Crippen LogP contribution in [0.1, 0.15) is 13.8 Å². The number of ether oxygens (including phenoxy) is 2. The van der Waals surface area contributed by atoms with Crippen LogP contribution >= 0.6 is 29.3 Å². The van der Waals surface area contributed by atoms with Crippen LogP contribution in [0.4, 0.5) is 0 Å². The van der Waals surface area contributed by atoms with Gasteiger partial charge in [-0.2, -0.15) is 0 Å². The van der Waals surface area contributed by atoms with Crippen molar-refractivity contribution in [2.24, 2.45) is 0 Å². The largest absolute Gasteiger partial charge is 0.388 e. The van der Waals surface area contributed by atoms with Gasteiger partial charge in [-0.1, -0.05) is 0 Å². The zero-order chi connectivity index (χ0) is 11.4. The Morgan fingerprint density at radius 3 is 1.64 bits per heavy atom. The summed E-state index contributed by atoms with van der Waals surface area (Å²) in [5, 5.41) is 9.06. The highest BCUT2D eigenvalue weighted by Gasteiger charge is 2.01. The van der Waals surface area contributed by atoms with E-state index in [1.165, 1.54) is 0 Å². The molecule has 0 aliphatic heterocycles. The predicted octanol–water partition coefficient (Wildman–Crippen LogP) is 2.10. The predicted molar refractivity (Wildman–Crippen MR) is 59.8 cm³/mol. The molecule has 0 aliphatic rings. The summed E-state index contributed by atoms with van der Waals surface area (Å²) in [4.78, 5) is 7.65. The quantitative estimate of drug-likeness (QED) is 0.723. The van der Waals surface area contributed by atoms with Gasteiger partial charge < -0.3 is 19.5 Å². The van der Waals surface area contributed by atoms with Gasteiger partial charge in [0, 0.05) is 13.2 Å². The van der Waals surface area contributed by atoms with Crippen molar-refractivity contribution in [1.29, 1.82) is 0 Å². The Morgan fingerprint density at radius 1 is 1.14 bits per heavy atom. The van der Waals surface area contributed by atoms with Gasteiger partial charge in [0.15, 0.2) is 0 Å². The van der Waals surface area contributed by atoms with Crippen LogP contribution in [0.2, 0.25) is 0 Å². The van der Waals surface area contributed by atoms with Crippen LogP contribution in [-0.2, 0) is 9.47 Å². The molecule has 14 heavy (non-hydrogen) atoms. The maximum Gasteiger partial charge on any atom is 0.222 e. The third kappa shape index (κ3) is 23.0. The molecular formula is C7H17Cl2O4P. The van der Waals surface area contributed by atoms with Crippen molar-refractivity contribution in [1.82, 2.24) is 0 Å². The second kappa shape index (κ2) is 13.8. The first-order chi connectivity index (χ1) is 6.54. The van der Waals surface area contributed by atoms with Crippen LogP contribution in [0.3, 0.4) is 0 Å². The molecule has 0 aliphatic carbocycles. The van der Waals surface area contributed by atoms with Gasteiger partial charge in [-0.25, -0.2) is 0 Å². The summed E-state index contributed by atoms with van der Waals surface area (Å²) in [5.74, 6) is 0. The third-order valence-electron chi connectivity index (χ3n) is 1.03. The topological polar surface area (TPSA) is 58.9 Å². The Morgan fingerprint density at radius 2 is 1.43 bits per heavy atom. The highest BCUT2D eigenvalue weighted by molar-refractivity contribution is 7.99. The number of rotatable bonds is 6. The van der Waals surface area contributed by atoms with Crippen LogP contribution in [0.5, 0.6) is 0 Å². The molecule has 0 spiro atoms. The van der Waals surface area contributed by atoms with E-state index < -0.39 is 13.0 Å². The SMILES string of the molecule is CCOCC(O)COCC.OP(Cl)Cl. The Balaban J connectivity index is 0. The number of aliphatic hydroxyl groups is 1. The normalized spacial score (nSPS) is 10.3. The lowest BCUT2D eigenvalue weighted by Crippen LogP contribution is -2.21. The highest BCUT2D eigenvalue weighted by atomic mass is 35.9. The fourth-order valence-electron chi connectivity index (χ4n) is 0.556. The summed E-state index contributed by atoms with van der Waals surface area (Å²) in [6.07, 6.45) is -0.472. The molecule has 4 nitrogen and oxygen atoms in total. The van der Waals surface area contributed by atoms with E-state index >= 15 is 0 Å². The Labute approximate surface area is 95.5 Å². The molecule has 0 saturated heterocycles.